The number of nitrogen functional groups attached to an aromatic ring is 1. The summed E-state index contributed by atoms with van der Waals surface area (Å²) < 4.78 is 3.10. The molecule has 5 heteroatoms. The van der Waals surface area contributed by atoms with E-state index in [1.165, 1.54) is 0 Å². The van der Waals surface area contributed by atoms with Crippen molar-refractivity contribution in [2.24, 2.45) is 5.73 Å². The van der Waals surface area contributed by atoms with Crippen LogP contribution in [0, 0.1) is 5.41 Å². The first kappa shape index (κ1) is 14.5. The number of nitrogens with zero attached hydrogens (tertiary/aromatic N) is 2. The average molecular weight is 355 g/mol. The molecule has 0 saturated heterocycles. The fraction of sp³-hybridized carbons (Fsp3) is 0.0588. The van der Waals surface area contributed by atoms with E-state index in [-0.39, 0.29) is 5.84 Å². The molecule has 0 unspecified atom stereocenters. The fourth-order valence-electron chi connectivity index (χ4n) is 2.36. The van der Waals surface area contributed by atoms with E-state index < -0.39 is 0 Å². The van der Waals surface area contributed by atoms with E-state index in [1.54, 1.807) is 6.20 Å². The molecule has 0 radical (unpaired) electrons. The molecule has 0 spiro atoms. The van der Waals surface area contributed by atoms with Gasteiger partial charge in [0.05, 0.1) is 0 Å². The molecule has 0 aliphatic rings. The van der Waals surface area contributed by atoms with Crippen LogP contribution in [0.1, 0.15) is 11.1 Å². The summed E-state index contributed by atoms with van der Waals surface area (Å²) in [6.07, 6.45) is 3.75. The molecule has 0 amide bonds. The third-order valence-electron chi connectivity index (χ3n) is 3.42. The Morgan fingerprint density at radius 3 is 2.77 bits per heavy atom. The maximum atomic E-state index is 7.54. The van der Waals surface area contributed by atoms with Gasteiger partial charge in [0.15, 0.2) is 0 Å². The molecule has 110 valence electrons. The highest BCUT2D eigenvalue weighted by Gasteiger charge is 2.09. The van der Waals surface area contributed by atoms with Crippen molar-refractivity contribution in [3.05, 3.63) is 76.5 Å². The highest BCUT2D eigenvalue weighted by atomic mass is 79.9. The first-order valence-electron chi connectivity index (χ1n) is 6.84. The van der Waals surface area contributed by atoms with Gasteiger partial charge in [-0.2, -0.15) is 0 Å². The number of rotatable bonds is 4. The molecule has 3 rings (SSSR count). The van der Waals surface area contributed by atoms with Gasteiger partial charge in [-0.05, 0) is 17.7 Å². The van der Waals surface area contributed by atoms with Gasteiger partial charge in [0.1, 0.15) is 11.7 Å². The topological polar surface area (TPSA) is 67.7 Å². The van der Waals surface area contributed by atoms with Crippen molar-refractivity contribution >= 4 is 21.8 Å². The van der Waals surface area contributed by atoms with Crippen LogP contribution >= 0.6 is 15.9 Å². The van der Waals surface area contributed by atoms with Crippen molar-refractivity contribution in [3.63, 3.8) is 0 Å². The van der Waals surface area contributed by atoms with Crippen LogP contribution in [0.15, 0.2) is 65.4 Å². The Morgan fingerprint density at radius 2 is 2.00 bits per heavy atom. The van der Waals surface area contributed by atoms with Gasteiger partial charge in [-0.25, -0.2) is 4.98 Å². The predicted molar refractivity (Wildman–Crippen MR) is 91.9 cm³/mol. The molecule has 4 nitrogen and oxygen atoms in total. The van der Waals surface area contributed by atoms with E-state index in [2.05, 4.69) is 25.5 Å². The van der Waals surface area contributed by atoms with Crippen molar-refractivity contribution < 1.29 is 0 Å². The molecule has 0 bridgehead atoms. The molecule has 3 aromatic rings. The number of benzene rings is 2. The summed E-state index contributed by atoms with van der Waals surface area (Å²) in [5, 5.41) is 7.54. The lowest BCUT2D eigenvalue weighted by Gasteiger charge is -2.10. The molecular weight excluding hydrogens is 340 g/mol. The van der Waals surface area contributed by atoms with Crippen molar-refractivity contribution in [2.45, 2.75) is 6.54 Å². The van der Waals surface area contributed by atoms with Gasteiger partial charge < -0.3 is 10.3 Å². The molecule has 0 fully saturated rings. The van der Waals surface area contributed by atoms with Gasteiger partial charge in [0.2, 0.25) is 0 Å². The molecule has 0 atom stereocenters. The highest BCUT2D eigenvalue weighted by molar-refractivity contribution is 9.10. The van der Waals surface area contributed by atoms with Crippen LogP contribution in [0.4, 0.5) is 0 Å². The lowest BCUT2D eigenvalue weighted by atomic mass is 10.1. The summed E-state index contributed by atoms with van der Waals surface area (Å²) in [7, 11) is 0. The number of nitrogens with one attached hydrogen (secondary N) is 1. The van der Waals surface area contributed by atoms with Crippen LogP contribution in [-0.4, -0.2) is 15.4 Å². The van der Waals surface area contributed by atoms with Gasteiger partial charge in [-0.1, -0.05) is 52.3 Å². The maximum Gasteiger partial charge on any atom is 0.141 e. The molecular formula is C17H15BrN4. The van der Waals surface area contributed by atoms with E-state index in [9.17, 15) is 0 Å². The van der Waals surface area contributed by atoms with Crippen LogP contribution < -0.4 is 5.73 Å². The Morgan fingerprint density at radius 1 is 1.18 bits per heavy atom. The third kappa shape index (κ3) is 2.94. The minimum Gasteiger partial charge on any atom is -0.384 e. The van der Waals surface area contributed by atoms with Crippen molar-refractivity contribution in [2.75, 3.05) is 0 Å². The second kappa shape index (κ2) is 6.15. The minimum absolute atomic E-state index is 0.0820. The predicted octanol–water partition coefficient (Wildman–Crippen LogP) is 3.64. The zero-order valence-corrected chi connectivity index (χ0v) is 13.4. The number of hydrogen-bond acceptors (Lipinski definition) is 2. The van der Waals surface area contributed by atoms with E-state index in [4.69, 9.17) is 11.1 Å². The second-order valence-corrected chi connectivity index (χ2v) is 5.83. The molecule has 2 aromatic carbocycles. The summed E-state index contributed by atoms with van der Waals surface area (Å²) in [5.41, 5.74) is 8.42. The van der Waals surface area contributed by atoms with Gasteiger partial charge >= 0.3 is 0 Å². The van der Waals surface area contributed by atoms with Crippen molar-refractivity contribution in [1.29, 1.82) is 5.41 Å². The van der Waals surface area contributed by atoms with E-state index >= 15 is 0 Å². The van der Waals surface area contributed by atoms with Gasteiger partial charge in [0.25, 0.3) is 0 Å². The summed E-state index contributed by atoms with van der Waals surface area (Å²) in [4.78, 5) is 4.47. The second-order valence-electron chi connectivity index (χ2n) is 4.97. The van der Waals surface area contributed by atoms with E-state index in [0.29, 0.717) is 6.54 Å². The number of aromatic nitrogens is 2. The van der Waals surface area contributed by atoms with Crippen LogP contribution in [0.2, 0.25) is 0 Å². The zero-order valence-electron chi connectivity index (χ0n) is 11.8. The fourth-order valence-corrected chi connectivity index (χ4v) is 2.82. The number of imidazole rings is 1. The monoisotopic (exact) mass is 354 g/mol. The third-order valence-corrected chi connectivity index (χ3v) is 4.11. The number of hydrogen-bond donors (Lipinski definition) is 2. The standard InChI is InChI=1S/C17H15BrN4/c18-15-7-2-1-6-14(15)17-21-8-9-22(17)11-12-4-3-5-13(10-12)16(19)20/h1-10H,11H2,(H3,19,20). The summed E-state index contributed by atoms with van der Waals surface area (Å²) in [6.45, 7) is 0.678. The Bertz CT molecular complexity index is 823. The Labute approximate surface area is 137 Å². The lowest BCUT2D eigenvalue weighted by molar-refractivity contribution is 0.806. The zero-order chi connectivity index (χ0) is 15.5. The Hall–Kier alpha value is -2.40. The quantitative estimate of drug-likeness (QED) is 0.554. The Balaban J connectivity index is 1.95. The number of halogens is 1. The molecule has 22 heavy (non-hydrogen) atoms. The largest absolute Gasteiger partial charge is 0.384 e. The summed E-state index contributed by atoms with van der Waals surface area (Å²) in [5.74, 6) is 0.985. The first-order valence-corrected chi connectivity index (χ1v) is 7.64. The SMILES string of the molecule is N=C(N)c1cccc(Cn2ccnc2-c2ccccc2Br)c1. The summed E-state index contributed by atoms with van der Waals surface area (Å²) >= 11 is 3.57. The maximum absolute atomic E-state index is 7.54. The van der Waals surface area contributed by atoms with Gasteiger partial charge in [-0.3, -0.25) is 5.41 Å². The van der Waals surface area contributed by atoms with Crippen LogP contribution in [-0.2, 0) is 6.54 Å². The number of amidine groups is 1. The molecule has 3 N–H and O–H groups in total. The van der Waals surface area contributed by atoms with E-state index in [0.717, 1.165) is 27.0 Å². The van der Waals surface area contributed by atoms with Crippen LogP contribution in [0.5, 0.6) is 0 Å². The smallest absolute Gasteiger partial charge is 0.141 e. The average Bonchev–Trinajstić information content (AvgIpc) is 2.96. The molecule has 1 heterocycles. The first-order chi connectivity index (χ1) is 10.6. The van der Waals surface area contributed by atoms with Crippen LogP contribution in [0.25, 0.3) is 11.4 Å². The Kier molecular flexibility index (Phi) is 4.06. The van der Waals surface area contributed by atoms with E-state index in [1.807, 2.05) is 54.7 Å². The molecule has 0 aliphatic heterocycles. The summed E-state index contributed by atoms with van der Waals surface area (Å²) in [6, 6.07) is 15.7. The number of nitrogens with two attached hydrogens (primary N) is 1. The highest BCUT2D eigenvalue weighted by Crippen LogP contribution is 2.27. The molecule has 0 saturated carbocycles. The molecule has 1 aromatic heterocycles. The van der Waals surface area contributed by atoms with Gasteiger partial charge in [-0.15, -0.1) is 0 Å². The van der Waals surface area contributed by atoms with Gasteiger partial charge in [0, 0.05) is 34.5 Å². The van der Waals surface area contributed by atoms with Crippen LogP contribution in [0.3, 0.4) is 0 Å². The normalized spacial score (nSPS) is 10.6. The van der Waals surface area contributed by atoms with Crippen molar-refractivity contribution in [1.82, 2.24) is 9.55 Å². The van der Waals surface area contributed by atoms with Crippen molar-refractivity contribution in [3.8, 4) is 11.4 Å². The minimum atomic E-state index is 0.0820. The lowest BCUT2D eigenvalue weighted by Crippen LogP contribution is -2.11. The molecule has 0 aliphatic carbocycles.